The van der Waals surface area contributed by atoms with E-state index in [4.69, 9.17) is 10.5 Å². The molecule has 68 valence electrons. The molecule has 1 saturated carbocycles. The number of rotatable bonds is 2. The highest BCUT2D eigenvalue weighted by atomic mass is 17.1. The van der Waals surface area contributed by atoms with Crippen molar-refractivity contribution in [3.63, 3.8) is 0 Å². The monoisotopic (exact) mass is 172 g/mol. The van der Waals surface area contributed by atoms with Crippen LogP contribution in [0.4, 0.5) is 0 Å². The lowest BCUT2D eigenvalue weighted by atomic mass is 9.86. The van der Waals surface area contributed by atoms with Gasteiger partial charge in [-0.3, -0.25) is 0 Å². The fraction of sp³-hybridized carbons (Fsp3) is 0.857. The van der Waals surface area contributed by atoms with E-state index in [9.17, 15) is 5.21 Å². The lowest BCUT2D eigenvalue weighted by Crippen LogP contribution is -3.05. The topological polar surface area (TPSA) is 80.8 Å². The van der Waals surface area contributed by atoms with E-state index in [-0.39, 0.29) is 0 Å². The van der Waals surface area contributed by atoms with Crippen molar-refractivity contribution in [2.45, 2.75) is 37.7 Å². The van der Waals surface area contributed by atoms with E-state index < -0.39 is 11.0 Å². The van der Waals surface area contributed by atoms with E-state index in [1.54, 1.807) is 0 Å². The molecule has 1 rings (SSSR count). The summed E-state index contributed by atoms with van der Waals surface area (Å²) in [5.74, 6) is 0. The minimum Gasteiger partial charge on any atom is -0.566 e. The Morgan fingerprint density at radius 3 is 2.42 bits per heavy atom. The van der Waals surface area contributed by atoms with Crippen molar-refractivity contribution in [3.8, 4) is 6.07 Å². The lowest BCUT2D eigenvalue weighted by Gasteiger charge is -2.29. The summed E-state index contributed by atoms with van der Waals surface area (Å²) < 4.78 is 0. The zero-order chi connectivity index (χ0) is 9.03. The van der Waals surface area contributed by atoms with E-state index in [1.165, 1.54) is 0 Å². The fourth-order valence-corrected chi connectivity index (χ4v) is 1.53. The Bertz CT molecular complexity index is 182. The van der Waals surface area contributed by atoms with Crippen LogP contribution in [-0.2, 0) is 4.84 Å². The van der Waals surface area contributed by atoms with Gasteiger partial charge in [0.05, 0.1) is 0 Å². The average molecular weight is 172 g/mol. The molecule has 0 aromatic heterocycles. The molecule has 1 unspecified atom stereocenters. The van der Waals surface area contributed by atoms with Crippen LogP contribution in [0.3, 0.4) is 0 Å². The van der Waals surface area contributed by atoms with Crippen molar-refractivity contribution in [1.82, 2.24) is 0 Å². The van der Waals surface area contributed by atoms with Crippen LogP contribution in [0.5, 0.6) is 0 Å². The van der Waals surface area contributed by atoms with Gasteiger partial charge in [0.2, 0.25) is 5.60 Å². The summed E-state index contributed by atoms with van der Waals surface area (Å²) in [7, 11) is 0. The first kappa shape index (κ1) is 9.42. The summed E-state index contributed by atoms with van der Waals surface area (Å²) in [5, 5.41) is 26.1. The molecule has 1 fully saturated rings. The maximum Gasteiger partial charge on any atom is 0.217 e. The molecule has 0 aliphatic heterocycles. The van der Waals surface area contributed by atoms with Gasteiger partial charge in [-0.1, -0.05) is 11.8 Å². The molecule has 0 amide bonds. The van der Waals surface area contributed by atoms with Crippen LogP contribution in [-0.4, -0.2) is 10.8 Å². The van der Waals surface area contributed by atoms with Gasteiger partial charge in [-0.2, -0.15) is 10.5 Å². The number of nitriles is 1. The summed E-state index contributed by atoms with van der Waals surface area (Å²) in [6, 6.07) is 1.95. The highest BCUT2D eigenvalue weighted by molar-refractivity contribution is 5.02. The Hall–Kier alpha value is -0.670. The molecule has 1 atom stereocenters. The SMILES string of the molecule is N#CC1(O[NH+]([O-])O)CCCCC1. The molecule has 5 heteroatoms. The third kappa shape index (κ3) is 2.16. The van der Waals surface area contributed by atoms with Crippen molar-refractivity contribution in [1.29, 1.82) is 5.26 Å². The zero-order valence-corrected chi connectivity index (χ0v) is 6.75. The maximum atomic E-state index is 10.3. The minimum absolute atomic E-state index is 0.538. The Morgan fingerprint density at radius 1 is 1.42 bits per heavy atom. The van der Waals surface area contributed by atoms with Crippen molar-refractivity contribution in [2.75, 3.05) is 0 Å². The van der Waals surface area contributed by atoms with Gasteiger partial charge in [0.1, 0.15) is 6.07 Å². The molecule has 0 aromatic rings. The molecule has 5 nitrogen and oxygen atoms in total. The Balaban J connectivity index is 2.55. The molecule has 0 spiro atoms. The first-order valence-electron chi connectivity index (χ1n) is 4.02. The van der Waals surface area contributed by atoms with Gasteiger partial charge in [-0.25, -0.2) is 0 Å². The molecular weight excluding hydrogens is 160 g/mol. The first-order chi connectivity index (χ1) is 5.68. The Morgan fingerprint density at radius 2 is 2.00 bits per heavy atom. The van der Waals surface area contributed by atoms with Crippen molar-refractivity contribution < 1.29 is 15.4 Å². The van der Waals surface area contributed by atoms with Gasteiger partial charge in [-0.15, -0.1) is 4.84 Å². The van der Waals surface area contributed by atoms with Crippen LogP contribution in [0.15, 0.2) is 0 Å². The van der Waals surface area contributed by atoms with E-state index >= 15 is 0 Å². The molecule has 2 N–H and O–H groups in total. The fourth-order valence-electron chi connectivity index (χ4n) is 1.53. The smallest absolute Gasteiger partial charge is 0.217 e. The third-order valence-electron chi connectivity index (χ3n) is 2.15. The predicted octanol–water partition coefficient (Wildman–Crippen LogP) is -0.0836. The number of hydrogen-bond donors (Lipinski definition) is 2. The van der Waals surface area contributed by atoms with Gasteiger partial charge >= 0.3 is 0 Å². The van der Waals surface area contributed by atoms with Crippen molar-refractivity contribution in [3.05, 3.63) is 5.21 Å². The van der Waals surface area contributed by atoms with Gasteiger partial charge < -0.3 is 5.21 Å². The third-order valence-corrected chi connectivity index (χ3v) is 2.15. The summed E-state index contributed by atoms with van der Waals surface area (Å²) in [4.78, 5) is 4.58. The highest BCUT2D eigenvalue weighted by Crippen LogP contribution is 2.29. The van der Waals surface area contributed by atoms with Gasteiger partial charge in [0, 0.05) is 0 Å². The summed E-state index contributed by atoms with van der Waals surface area (Å²) in [5.41, 5.74) is -1.05. The first-order valence-corrected chi connectivity index (χ1v) is 4.02. The van der Waals surface area contributed by atoms with Crippen LogP contribution >= 0.6 is 0 Å². The van der Waals surface area contributed by atoms with Crippen LogP contribution in [0.2, 0.25) is 0 Å². The number of hydrogen-bond acceptors (Lipinski definition) is 4. The number of nitrogens with one attached hydrogen (secondary N) is 1. The molecule has 0 bridgehead atoms. The van der Waals surface area contributed by atoms with Crippen LogP contribution in [0.25, 0.3) is 0 Å². The standard InChI is InChI=1S/C7H12N2O3/c8-6-7(12-9(10)11)4-2-1-3-5-7/h9-10H,1-5H2. The molecule has 0 radical (unpaired) electrons. The second-order valence-electron chi connectivity index (χ2n) is 3.03. The second-order valence-corrected chi connectivity index (χ2v) is 3.03. The Kier molecular flexibility index (Phi) is 3.00. The summed E-state index contributed by atoms with van der Waals surface area (Å²) >= 11 is 0. The molecular formula is C7H12N2O3. The minimum atomic E-state index is -1.35. The highest BCUT2D eigenvalue weighted by Gasteiger charge is 2.37. The molecule has 0 aromatic carbocycles. The van der Waals surface area contributed by atoms with Gasteiger partial charge in [0.25, 0.3) is 0 Å². The Labute approximate surface area is 70.6 Å². The van der Waals surface area contributed by atoms with E-state index in [2.05, 4.69) is 4.84 Å². The zero-order valence-electron chi connectivity index (χ0n) is 6.75. The number of nitrogens with zero attached hydrogens (tertiary/aromatic N) is 1. The van der Waals surface area contributed by atoms with Crippen molar-refractivity contribution in [2.24, 2.45) is 0 Å². The average Bonchev–Trinajstić information content (AvgIpc) is 2.05. The molecule has 1 aliphatic carbocycles. The van der Waals surface area contributed by atoms with Crippen LogP contribution in [0, 0.1) is 16.5 Å². The molecule has 0 heterocycles. The van der Waals surface area contributed by atoms with E-state index in [1.807, 2.05) is 6.07 Å². The van der Waals surface area contributed by atoms with Gasteiger partial charge in [0.15, 0.2) is 0 Å². The van der Waals surface area contributed by atoms with Crippen LogP contribution in [0.1, 0.15) is 32.1 Å². The van der Waals surface area contributed by atoms with Gasteiger partial charge in [-0.05, 0) is 25.7 Å². The molecule has 12 heavy (non-hydrogen) atoms. The van der Waals surface area contributed by atoms with Crippen LogP contribution < -0.4 is 5.39 Å². The van der Waals surface area contributed by atoms with E-state index in [0.717, 1.165) is 19.3 Å². The summed E-state index contributed by atoms with van der Waals surface area (Å²) in [6.07, 6.45) is 3.89. The summed E-state index contributed by atoms with van der Waals surface area (Å²) in [6.45, 7) is 0. The van der Waals surface area contributed by atoms with Crippen molar-refractivity contribution >= 4 is 0 Å². The quantitative estimate of drug-likeness (QED) is 0.571. The molecule has 0 saturated heterocycles. The largest absolute Gasteiger partial charge is 0.566 e. The lowest BCUT2D eigenvalue weighted by molar-refractivity contribution is -1.21. The normalized spacial score (nSPS) is 24.4. The maximum absolute atomic E-state index is 10.3. The second kappa shape index (κ2) is 3.83. The molecule has 1 aliphatic rings. The van der Waals surface area contributed by atoms with E-state index in [0.29, 0.717) is 12.8 Å². The number of quaternary nitrogens is 1. The predicted molar refractivity (Wildman–Crippen MR) is 38.6 cm³/mol.